The molecule has 1 aliphatic heterocycles. The Morgan fingerprint density at radius 1 is 0.931 bits per heavy atom. The Hall–Kier alpha value is -2.93. The van der Waals surface area contributed by atoms with Gasteiger partial charge in [-0.3, -0.25) is 4.79 Å². The highest BCUT2D eigenvalue weighted by atomic mass is 35.5. The van der Waals surface area contributed by atoms with E-state index in [0.29, 0.717) is 42.7 Å². The van der Waals surface area contributed by atoms with E-state index in [1.165, 1.54) is 7.11 Å². The molecule has 0 saturated carbocycles. The number of nitrogens with zero attached hydrogens (tertiary/aromatic N) is 2. The first kappa shape index (κ1) is 20.8. The van der Waals surface area contributed by atoms with E-state index in [9.17, 15) is 9.59 Å². The Morgan fingerprint density at radius 3 is 2.28 bits per heavy atom. The highest BCUT2D eigenvalue weighted by molar-refractivity contribution is 6.33. The molecule has 29 heavy (non-hydrogen) atoms. The highest BCUT2D eigenvalue weighted by Gasteiger charge is 2.23. The summed E-state index contributed by atoms with van der Waals surface area (Å²) in [4.78, 5) is 28.0. The summed E-state index contributed by atoms with van der Waals surface area (Å²) in [6.07, 6.45) is 0. The molecule has 0 aromatic heterocycles. The quantitative estimate of drug-likeness (QED) is 0.644. The summed E-state index contributed by atoms with van der Waals surface area (Å²) < 4.78 is 15.6. The van der Waals surface area contributed by atoms with Crippen molar-refractivity contribution in [2.24, 2.45) is 0 Å². The normalized spacial score (nSPS) is 13.7. The maximum Gasteiger partial charge on any atom is 0.344 e. The van der Waals surface area contributed by atoms with E-state index in [0.717, 1.165) is 5.69 Å². The van der Waals surface area contributed by atoms with Gasteiger partial charge in [-0.15, -0.1) is 0 Å². The number of hydrogen-bond donors (Lipinski definition) is 0. The average Bonchev–Trinajstić information content (AvgIpc) is 2.76. The summed E-state index contributed by atoms with van der Waals surface area (Å²) in [6, 6.07) is 14.6. The zero-order valence-electron chi connectivity index (χ0n) is 16.2. The number of para-hydroxylation sites is 3. The van der Waals surface area contributed by atoms with Gasteiger partial charge in [0.25, 0.3) is 5.91 Å². The fourth-order valence-corrected chi connectivity index (χ4v) is 3.31. The van der Waals surface area contributed by atoms with Gasteiger partial charge in [-0.05, 0) is 24.3 Å². The highest BCUT2D eigenvalue weighted by Crippen LogP contribution is 2.26. The van der Waals surface area contributed by atoms with Crippen LogP contribution in [0.1, 0.15) is 0 Å². The van der Waals surface area contributed by atoms with Crippen molar-refractivity contribution in [1.29, 1.82) is 0 Å². The van der Waals surface area contributed by atoms with Crippen LogP contribution in [0.3, 0.4) is 0 Å². The second-order valence-corrected chi connectivity index (χ2v) is 6.83. The van der Waals surface area contributed by atoms with Crippen LogP contribution in [-0.4, -0.2) is 63.3 Å². The van der Waals surface area contributed by atoms with E-state index in [2.05, 4.69) is 4.90 Å². The molecule has 2 aromatic rings. The Labute approximate surface area is 174 Å². The minimum Gasteiger partial charge on any atom is -0.493 e. The van der Waals surface area contributed by atoms with Gasteiger partial charge in [0.15, 0.2) is 24.7 Å². The molecule has 0 N–H and O–H groups in total. The first-order chi connectivity index (χ1) is 14.1. The van der Waals surface area contributed by atoms with E-state index < -0.39 is 5.97 Å². The summed E-state index contributed by atoms with van der Waals surface area (Å²) in [5.41, 5.74) is 0.959. The summed E-state index contributed by atoms with van der Waals surface area (Å²) in [6.45, 7) is 1.81. The Kier molecular flexibility index (Phi) is 7.19. The van der Waals surface area contributed by atoms with Crippen molar-refractivity contribution in [1.82, 2.24) is 4.90 Å². The van der Waals surface area contributed by atoms with Crippen LogP contribution >= 0.6 is 11.6 Å². The van der Waals surface area contributed by atoms with Crippen molar-refractivity contribution in [2.45, 2.75) is 0 Å². The number of anilines is 1. The topological polar surface area (TPSA) is 68.3 Å². The van der Waals surface area contributed by atoms with Crippen LogP contribution in [0.2, 0.25) is 5.02 Å². The molecular formula is C21H23ClN2O5. The van der Waals surface area contributed by atoms with E-state index in [4.69, 9.17) is 25.8 Å². The number of carbonyl (C=O) groups is 2. The lowest BCUT2D eigenvalue weighted by molar-refractivity contribution is -0.153. The molecule has 1 saturated heterocycles. The fourth-order valence-electron chi connectivity index (χ4n) is 3.05. The van der Waals surface area contributed by atoms with Crippen molar-refractivity contribution in [2.75, 3.05) is 51.4 Å². The number of piperazine rings is 1. The molecule has 0 bridgehead atoms. The standard InChI is InChI=1S/C21H23ClN2O5/c1-27-18-8-4-5-9-19(18)28-15-21(26)29-14-20(25)24-12-10-23(11-13-24)17-7-3-2-6-16(17)22/h2-9H,10-15H2,1H3. The molecule has 1 amide bonds. The monoisotopic (exact) mass is 418 g/mol. The number of esters is 1. The molecule has 7 nitrogen and oxygen atoms in total. The third-order valence-corrected chi connectivity index (χ3v) is 4.92. The van der Waals surface area contributed by atoms with Crippen LogP contribution in [0, 0.1) is 0 Å². The number of halogens is 1. The smallest absolute Gasteiger partial charge is 0.344 e. The second-order valence-electron chi connectivity index (χ2n) is 6.42. The number of methoxy groups -OCH3 is 1. The van der Waals surface area contributed by atoms with Gasteiger partial charge in [-0.25, -0.2) is 4.79 Å². The van der Waals surface area contributed by atoms with E-state index in [-0.39, 0.29) is 19.1 Å². The number of carbonyl (C=O) groups excluding carboxylic acids is 2. The first-order valence-corrected chi connectivity index (χ1v) is 9.65. The zero-order valence-corrected chi connectivity index (χ0v) is 16.9. The maximum atomic E-state index is 12.3. The molecule has 0 unspecified atom stereocenters. The van der Waals surface area contributed by atoms with Crippen LogP contribution in [0.15, 0.2) is 48.5 Å². The van der Waals surface area contributed by atoms with Crippen LogP contribution < -0.4 is 14.4 Å². The SMILES string of the molecule is COc1ccccc1OCC(=O)OCC(=O)N1CCN(c2ccccc2Cl)CC1. The molecule has 2 aromatic carbocycles. The van der Waals surface area contributed by atoms with Gasteiger partial charge < -0.3 is 24.0 Å². The number of rotatable bonds is 7. The first-order valence-electron chi connectivity index (χ1n) is 9.27. The van der Waals surface area contributed by atoms with Gasteiger partial charge in [0.1, 0.15) is 0 Å². The molecule has 0 radical (unpaired) electrons. The molecule has 1 aliphatic rings. The van der Waals surface area contributed by atoms with Crippen molar-refractivity contribution in [3.63, 3.8) is 0 Å². The van der Waals surface area contributed by atoms with Crippen LogP contribution in [-0.2, 0) is 14.3 Å². The molecule has 3 rings (SSSR count). The Morgan fingerprint density at radius 2 is 1.59 bits per heavy atom. The summed E-state index contributed by atoms with van der Waals surface area (Å²) in [5, 5.41) is 0.691. The van der Waals surface area contributed by atoms with Gasteiger partial charge in [-0.2, -0.15) is 0 Å². The molecule has 0 spiro atoms. The van der Waals surface area contributed by atoms with E-state index >= 15 is 0 Å². The number of ether oxygens (including phenoxy) is 3. The average molecular weight is 419 g/mol. The third kappa shape index (κ3) is 5.54. The number of amides is 1. The molecule has 1 fully saturated rings. The Balaban J connectivity index is 1.41. The van der Waals surface area contributed by atoms with Gasteiger partial charge in [0.05, 0.1) is 17.8 Å². The summed E-state index contributed by atoms with van der Waals surface area (Å²) in [7, 11) is 1.52. The van der Waals surface area contributed by atoms with E-state index in [1.54, 1.807) is 29.2 Å². The van der Waals surface area contributed by atoms with Crippen molar-refractivity contribution >= 4 is 29.2 Å². The zero-order chi connectivity index (χ0) is 20.6. The molecule has 0 atom stereocenters. The molecule has 0 aliphatic carbocycles. The minimum atomic E-state index is -0.612. The van der Waals surface area contributed by atoms with Gasteiger partial charge >= 0.3 is 5.97 Å². The minimum absolute atomic E-state index is 0.227. The molecular weight excluding hydrogens is 396 g/mol. The van der Waals surface area contributed by atoms with Crippen molar-refractivity contribution in [3.05, 3.63) is 53.6 Å². The maximum absolute atomic E-state index is 12.3. The van der Waals surface area contributed by atoms with Crippen molar-refractivity contribution in [3.8, 4) is 11.5 Å². The van der Waals surface area contributed by atoms with Crippen LogP contribution in [0.25, 0.3) is 0 Å². The Bertz CT molecular complexity index is 852. The number of hydrogen-bond acceptors (Lipinski definition) is 6. The lowest BCUT2D eigenvalue weighted by Gasteiger charge is -2.36. The predicted molar refractivity (Wildman–Crippen MR) is 110 cm³/mol. The van der Waals surface area contributed by atoms with Crippen LogP contribution in [0.5, 0.6) is 11.5 Å². The molecule has 1 heterocycles. The lowest BCUT2D eigenvalue weighted by atomic mass is 10.2. The van der Waals surface area contributed by atoms with Crippen LogP contribution in [0.4, 0.5) is 5.69 Å². The fraction of sp³-hybridized carbons (Fsp3) is 0.333. The second kappa shape index (κ2) is 10.0. The van der Waals surface area contributed by atoms with E-state index in [1.807, 2.05) is 24.3 Å². The van der Waals surface area contributed by atoms with Gasteiger partial charge in [0, 0.05) is 26.2 Å². The number of benzene rings is 2. The third-order valence-electron chi connectivity index (χ3n) is 4.60. The largest absolute Gasteiger partial charge is 0.493 e. The molecule has 8 heteroatoms. The molecule has 154 valence electrons. The predicted octanol–water partition coefficient (Wildman–Crippen LogP) is 2.62. The van der Waals surface area contributed by atoms with Gasteiger partial charge in [-0.1, -0.05) is 35.9 Å². The lowest BCUT2D eigenvalue weighted by Crippen LogP contribution is -2.50. The van der Waals surface area contributed by atoms with Crippen molar-refractivity contribution < 1.29 is 23.8 Å². The van der Waals surface area contributed by atoms with Gasteiger partial charge in [0.2, 0.25) is 0 Å². The summed E-state index contributed by atoms with van der Waals surface area (Å²) >= 11 is 6.23. The summed E-state index contributed by atoms with van der Waals surface area (Å²) in [5.74, 6) is 0.121.